The van der Waals surface area contributed by atoms with Crippen LogP contribution in [0.5, 0.6) is 0 Å². The highest BCUT2D eigenvalue weighted by atomic mass is 32.1. The van der Waals surface area contributed by atoms with Gasteiger partial charge in [-0.15, -0.1) is 11.3 Å². The van der Waals surface area contributed by atoms with Crippen LogP contribution in [0.4, 0.5) is 0 Å². The number of hydrogen-bond donors (Lipinski definition) is 0. The minimum absolute atomic E-state index is 0.0121. The van der Waals surface area contributed by atoms with Gasteiger partial charge in [0.05, 0.1) is 35.7 Å². The molecule has 0 saturated carbocycles. The topological polar surface area (TPSA) is 64.2 Å². The molecule has 0 spiro atoms. The van der Waals surface area contributed by atoms with Crippen molar-refractivity contribution < 1.29 is 9.21 Å². The van der Waals surface area contributed by atoms with Crippen molar-refractivity contribution in [3.05, 3.63) is 56.7 Å². The molecular weight excluding hydrogens is 348 g/mol. The van der Waals surface area contributed by atoms with Crippen LogP contribution in [0.15, 0.2) is 22.8 Å². The SMILES string of the molecule is Cc1nc(C)c(C(=O)N(Cc2ccco2)Cc2nn(C)c3c2CCC3)s1. The van der Waals surface area contributed by atoms with Gasteiger partial charge < -0.3 is 9.32 Å². The average molecular weight is 370 g/mol. The zero-order valence-corrected chi connectivity index (χ0v) is 16.1. The second-order valence-corrected chi connectivity index (χ2v) is 7.94. The number of fused-ring (bicyclic) bond motifs is 1. The van der Waals surface area contributed by atoms with Crippen LogP contribution >= 0.6 is 11.3 Å². The van der Waals surface area contributed by atoms with Crippen molar-refractivity contribution in [3.8, 4) is 0 Å². The summed E-state index contributed by atoms with van der Waals surface area (Å²) in [4.78, 5) is 20.2. The molecule has 0 aliphatic heterocycles. The van der Waals surface area contributed by atoms with Crippen molar-refractivity contribution >= 4 is 17.2 Å². The fraction of sp³-hybridized carbons (Fsp3) is 0.421. The van der Waals surface area contributed by atoms with Crippen LogP contribution < -0.4 is 0 Å². The normalized spacial score (nSPS) is 13.2. The minimum Gasteiger partial charge on any atom is -0.467 e. The van der Waals surface area contributed by atoms with Crippen LogP contribution in [0.25, 0.3) is 0 Å². The van der Waals surface area contributed by atoms with E-state index in [1.807, 2.05) is 42.6 Å². The van der Waals surface area contributed by atoms with E-state index in [0.29, 0.717) is 18.0 Å². The lowest BCUT2D eigenvalue weighted by Crippen LogP contribution is -2.30. The maximum Gasteiger partial charge on any atom is 0.266 e. The molecule has 4 rings (SSSR count). The summed E-state index contributed by atoms with van der Waals surface area (Å²) in [6.07, 6.45) is 4.91. The molecule has 6 nitrogen and oxygen atoms in total. The summed E-state index contributed by atoms with van der Waals surface area (Å²) in [5.41, 5.74) is 4.39. The molecule has 0 aromatic carbocycles. The number of nitrogens with zero attached hydrogens (tertiary/aromatic N) is 4. The van der Waals surface area contributed by atoms with Crippen LogP contribution in [0.2, 0.25) is 0 Å². The zero-order chi connectivity index (χ0) is 18.3. The first kappa shape index (κ1) is 17.0. The van der Waals surface area contributed by atoms with Crippen molar-refractivity contribution in [2.24, 2.45) is 7.05 Å². The van der Waals surface area contributed by atoms with Crippen molar-refractivity contribution in [1.82, 2.24) is 19.7 Å². The first-order valence-corrected chi connectivity index (χ1v) is 9.64. The molecule has 0 radical (unpaired) electrons. The van der Waals surface area contributed by atoms with Crippen molar-refractivity contribution in [2.45, 2.75) is 46.2 Å². The zero-order valence-electron chi connectivity index (χ0n) is 15.3. The van der Waals surface area contributed by atoms with E-state index < -0.39 is 0 Å². The number of aromatic nitrogens is 3. The molecule has 26 heavy (non-hydrogen) atoms. The Balaban J connectivity index is 1.66. The molecule has 1 aliphatic carbocycles. The van der Waals surface area contributed by atoms with E-state index in [2.05, 4.69) is 10.1 Å². The molecule has 0 N–H and O–H groups in total. The molecule has 3 aromatic heterocycles. The van der Waals surface area contributed by atoms with Gasteiger partial charge in [-0.3, -0.25) is 9.48 Å². The maximum absolute atomic E-state index is 13.2. The van der Waals surface area contributed by atoms with Gasteiger partial charge in [0.2, 0.25) is 0 Å². The van der Waals surface area contributed by atoms with Gasteiger partial charge in [0.25, 0.3) is 5.91 Å². The monoisotopic (exact) mass is 370 g/mol. The number of amides is 1. The summed E-state index contributed by atoms with van der Waals surface area (Å²) >= 11 is 1.45. The fourth-order valence-electron chi connectivity index (χ4n) is 3.67. The van der Waals surface area contributed by atoms with Gasteiger partial charge in [-0.2, -0.15) is 5.10 Å². The number of carbonyl (C=O) groups is 1. The largest absolute Gasteiger partial charge is 0.467 e. The number of thiazole rings is 1. The number of furan rings is 1. The lowest BCUT2D eigenvalue weighted by molar-refractivity contribution is 0.0718. The standard InChI is InChI=1S/C19H22N4O2S/c1-12-18(26-13(2)20-12)19(24)23(10-14-6-5-9-25-14)11-16-15-7-4-8-17(15)22(3)21-16/h5-6,9H,4,7-8,10-11H2,1-3H3. The second kappa shape index (κ2) is 6.72. The minimum atomic E-state index is -0.0121. The van der Waals surface area contributed by atoms with E-state index in [-0.39, 0.29) is 5.91 Å². The molecule has 1 amide bonds. The number of carbonyl (C=O) groups excluding carboxylic acids is 1. The predicted octanol–water partition coefficient (Wildman–Crippen LogP) is 3.42. The Morgan fingerprint density at radius 1 is 1.35 bits per heavy atom. The van der Waals surface area contributed by atoms with Gasteiger partial charge in [0, 0.05) is 12.7 Å². The third-order valence-corrected chi connectivity index (χ3v) is 5.91. The second-order valence-electron chi connectivity index (χ2n) is 6.74. The number of aryl methyl sites for hydroxylation is 3. The molecule has 0 fully saturated rings. The van der Waals surface area contributed by atoms with Crippen LogP contribution in [0, 0.1) is 13.8 Å². The number of rotatable bonds is 5. The molecule has 0 bridgehead atoms. The Bertz CT molecular complexity index is 939. The van der Waals surface area contributed by atoms with Gasteiger partial charge in [-0.25, -0.2) is 4.98 Å². The molecule has 7 heteroatoms. The lowest BCUT2D eigenvalue weighted by atomic mass is 10.2. The highest BCUT2D eigenvalue weighted by Crippen LogP contribution is 2.27. The van der Waals surface area contributed by atoms with Gasteiger partial charge in [0.1, 0.15) is 10.6 Å². The molecule has 0 unspecified atom stereocenters. The summed E-state index contributed by atoms with van der Waals surface area (Å²) in [6, 6.07) is 3.74. The van der Waals surface area contributed by atoms with E-state index in [9.17, 15) is 4.79 Å². The van der Waals surface area contributed by atoms with E-state index in [4.69, 9.17) is 4.42 Å². The highest BCUT2D eigenvalue weighted by molar-refractivity contribution is 7.13. The number of hydrogen-bond acceptors (Lipinski definition) is 5. The third kappa shape index (κ3) is 3.07. The summed E-state index contributed by atoms with van der Waals surface area (Å²) in [5.74, 6) is 0.756. The van der Waals surface area contributed by atoms with Crippen LogP contribution in [0.1, 0.15) is 49.5 Å². The molecule has 3 heterocycles. The van der Waals surface area contributed by atoms with Gasteiger partial charge in [0.15, 0.2) is 0 Å². The Morgan fingerprint density at radius 2 is 2.19 bits per heavy atom. The third-order valence-electron chi connectivity index (χ3n) is 4.85. The molecule has 0 atom stereocenters. The van der Waals surface area contributed by atoms with Gasteiger partial charge in [-0.05, 0) is 50.8 Å². The van der Waals surface area contributed by atoms with Crippen LogP contribution in [0.3, 0.4) is 0 Å². The van der Waals surface area contributed by atoms with E-state index in [1.165, 1.54) is 22.6 Å². The lowest BCUT2D eigenvalue weighted by Gasteiger charge is -2.21. The van der Waals surface area contributed by atoms with Gasteiger partial charge >= 0.3 is 0 Å². The average Bonchev–Trinajstić information content (AvgIpc) is 3.35. The molecule has 1 aliphatic rings. The van der Waals surface area contributed by atoms with E-state index in [1.54, 1.807) is 6.26 Å². The molecular formula is C19H22N4O2S. The first-order chi connectivity index (χ1) is 12.5. The Labute approximate surface area is 156 Å². The van der Waals surface area contributed by atoms with E-state index >= 15 is 0 Å². The van der Waals surface area contributed by atoms with Crippen molar-refractivity contribution in [3.63, 3.8) is 0 Å². The molecule has 3 aromatic rings. The first-order valence-electron chi connectivity index (χ1n) is 8.82. The fourth-order valence-corrected chi connectivity index (χ4v) is 4.56. The van der Waals surface area contributed by atoms with Crippen LogP contribution in [-0.2, 0) is 33.0 Å². The Morgan fingerprint density at radius 3 is 2.88 bits per heavy atom. The maximum atomic E-state index is 13.2. The Kier molecular flexibility index (Phi) is 4.40. The predicted molar refractivity (Wildman–Crippen MR) is 99.1 cm³/mol. The summed E-state index contributed by atoms with van der Waals surface area (Å²) in [7, 11) is 1.99. The van der Waals surface area contributed by atoms with Crippen molar-refractivity contribution in [2.75, 3.05) is 0 Å². The van der Waals surface area contributed by atoms with Gasteiger partial charge in [-0.1, -0.05) is 0 Å². The summed E-state index contributed by atoms with van der Waals surface area (Å²) < 4.78 is 7.46. The van der Waals surface area contributed by atoms with E-state index in [0.717, 1.165) is 41.4 Å². The van der Waals surface area contributed by atoms with Crippen molar-refractivity contribution in [1.29, 1.82) is 0 Å². The summed E-state index contributed by atoms with van der Waals surface area (Å²) in [6.45, 7) is 4.73. The quantitative estimate of drug-likeness (QED) is 0.690. The molecule has 136 valence electrons. The Hall–Kier alpha value is -2.41. The highest BCUT2D eigenvalue weighted by Gasteiger charge is 2.27. The summed E-state index contributed by atoms with van der Waals surface area (Å²) in [5, 5.41) is 5.59. The smallest absolute Gasteiger partial charge is 0.266 e. The van der Waals surface area contributed by atoms with Crippen LogP contribution in [-0.4, -0.2) is 25.6 Å². The molecule has 0 saturated heterocycles.